The molecule has 0 spiro atoms. The van der Waals surface area contributed by atoms with Gasteiger partial charge in [-0.3, -0.25) is 4.79 Å². The highest BCUT2D eigenvalue weighted by atomic mass is 32.2. The maximum absolute atomic E-state index is 13.3. The van der Waals surface area contributed by atoms with Crippen molar-refractivity contribution in [3.63, 3.8) is 0 Å². The van der Waals surface area contributed by atoms with Gasteiger partial charge >= 0.3 is 6.03 Å². The highest BCUT2D eigenvalue weighted by molar-refractivity contribution is 7.89. The lowest BCUT2D eigenvalue weighted by Crippen LogP contribution is -2.49. The summed E-state index contributed by atoms with van der Waals surface area (Å²) in [5, 5.41) is 6.01. The van der Waals surface area contributed by atoms with Gasteiger partial charge in [-0.05, 0) is 43.4 Å². The summed E-state index contributed by atoms with van der Waals surface area (Å²) < 4.78 is 29.8. The molecule has 5 rings (SSSR count). The monoisotopic (exact) mass is 470 g/mol. The van der Waals surface area contributed by atoms with Crippen molar-refractivity contribution in [3.8, 4) is 0 Å². The zero-order valence-electron chi connectivity index (χ0n) is 18.6. The largest absolute Gasteiger partial charge is 0.335 e. The quantitative estimate of drug-likeness (QED) is 0.717. The molecule has 2 atom stereocenters. The number of amides is 2. The van der Waals surface area contributed by atoms with Crippen LogP contribution in [0.3, 0.4) is 0 Å². The first kappa shape index (κ1) is 22.2. The maximum atomic E-state index is 13.3. The molecule has 176 valence electrons. The van der Waals surface area contributed by atoms with E-state index in [1.807, 2.05) is 0 Å². The van der Waals surface area contributed by atoms with Crippen LogP contribution in [0.25, 0.3) is 0 Å². The number of hydrogen-bond donors (Lipinski definition) is 2. The fraction of sp³-hybridized carbons (Fsp3) is 0.500. The average Bonchev–Trinajstić information content (AvgIpc) is 2.82. The van der Waals surface area contributed by atoms with E-state index in [4.69, 9.17) is 0 Å². The third-order valence-corrected chi connectivity index (χ3v) is 8.97. The van der Waals surface area contributed by atoms with Gasteiger partial charge in [0.2, 0.25) is 10.0 Å². The molecule has 1 aromatic heterocycles. The van der Waals surface area contributed by atoms with Crippen molar-refractivity contribution in [1.82, 2.24) is 14.2 Å². The summed E-state index contributed by atoms with van der Waals surface area (Å²) in [4.78, 5) is 25.6. The van der Waals surface area contributed by atoms with E-state index < -0.39 is 10.0 Å². The minimum atomic E-state index is -3.63. The highest BCUT2D eigenvalue weighted by Crippen LogP contribution is 2.40. The Labute approximate surface area is 194 Å². The SMILES string of the molecule is O=C(Nc1ccc(=O)n2c1[C@@H]1C[C@@H](CN(S(=O)(=O)c3ccccc3)C1)C2)NC1CCCCC1. The van der Waals surface area contributed by atoms with Gasteiger partial charge in [-0.25, -0.2) is 13.2 Å². The summed E-state index contributed by atoms with van der Waals surface area (Å²) >= 11 is 0. The lowest BCUT2D eigenvalue weighted by molar-refractivity contribution is 0.187. The Morgan fingerprint density at radius 1 is 0.939 bits per heavy atom. The molecular formula is C24H30N4O4S. The van der Waals surface area contributed by atoms with Gasteiger partial charge in [0.25, 0.3) is 5.56 Å². The van der Waals surface area contributed by atoms with Crippen LogP contribution in [-0.4, -0.2) is 42.5 Å². The smallest absolute Gasteiger partial charge is 0.319 e. The molecule has 9 heteroatoms. The number of piperidine rings is 1. The molecule has 2 fully saturated rings. The van der Waals surface area contributed by atoms with E-state index in [-0.39, 0.29) is 40.9 Å². The van der Waals surface area contributed by atoms with Crippen molar-refractivity contribution in [2.75, 3.05) is 18.4 Å². The van der Waals surface area contributed by atoms with Gasteiger partial charge in [-0.1, -0.05) is 37.5 Å². The third kappa shape index (κ3) is 4.44. The molecule has 8 nitrogen and oxygen atoms in total. The zero-order valence-corrected chi connectivity index (χ0v) is 19.4. The van der Waals surface area contributed by atoms with Crippen molar-refractivity contribution in [2.24, 2.45) is 5.92 Å². The molecule has 3 aliphatic rings. The Hall–Kier alpha value is -2.65. The Morgan fingerprint density at radius 3 is 2.45 bits per heavy atom. The summed E-state index contributed by atoms with van der Waals surface area (Å²) in [5.74, 6) is -0.103. The Bertz CT molecular complexity index is 1190. The topological polar surface area (TPSA) is 101 Å². The Morgan fingerprint density at radius 2 is 1.70 bits per heavy atom. The molecule has 1 aliphatic carbocycles. The van der Waals surface area contributed by atoms with Crippen molar-refractivity contribution in [1.29, 1.82) is 0 Å². The number of benzene rings is 1. The van der Waals surface area contributed by atoms with Gasteiger partial charge < -0.3 is 15.2 Å². The fourth-order valence-corrected chi connectivity index (χ4v) is 7.19. The van der Waals surface area contributed by atoms with Crippen LogP contribution in [0.1, 0.15) is 50.1 Å². The molecule has 2 aromatic rings. The number of sulfonamides is 1. The summed E-state index contributed by atoms with van der Waals surface area (Å²) in [6, 6.07) is 11.5. The second-order valence-corrected chi connectivity index (χ2v) is 11.4. The van der Waals surface area contributed by atoms with Crippen LogP contribution in [0.4, 0.5) is 10.5 Å². The van der Waals surface area contributed by atoms with E-state index in [1.54, 1.807) is 41.0 Å². The van der Waals surface area contributed by atoms with Crippen molar-refractivity contribution < 1.29 is 13.2 Å². The van der Waals surface area contributed by atoms with Crippen LogP contribution in [0.2, 0.25) is 0 Å². The standard InChI is InChI=1S/C24H30N4O4S/c29-22-12-11-21(26-24(30)25-19-7-3-1-4-8-19)23-18-13-17(15-28(22)23)14-27(16-18)33(31,32)20-9-5-2-6-10-20/h2,5-6,9-12,17-19H,1,3-4,7-8,13-16H2,(H2,25,26,30)/t17-,18+/m0/s1. The minimum absolute atomic E-state index is 0.0544. The third-order valence-electron chi connectivity index (χ3n) is 7.13. The molecular weight excluding hydrogens is 440 g/mol. The first-order chi connectivity index (χ1) is 15.9. The second-order valence-electron chi connectivity index (χ2n) is 9.45. The van der Waals surface area contributed by atoms with Gasteiger partial charge in [0.15, 0.2) is 0 Å². The number of pyridine rings is 1. The lowest BCUT2D eigenvalue weighted by Gasteiger charge is -2.42. The van der Waals surface area contributed by atoms with Gasteiger partial charge in [0, 0.05) is 43.4 Å². The van der Waals surface area contributed by atoms with Crippen LogP contribution in [0.15, 0.2) is 52.2 Å². The highest BCUT2D eigenvalue weighted by Gasteiger charge is 2.40. The molecule has 2 N–H and O–H groups in total. The predicted octanol–water partition coefficient (Wildman–Crippen LogP) is 3.11. The number of urea groups is 1. The fourth-order valence-electron chi connectivity index (χ4n) is 5.61. The maximum Gasteiger partial charge on any atom is 0.319 e. The summed E-state index contributed by atoms with van der Waals surface area (Å²) in [7, 11) is -3.63. The van der Waals surface area contributed by atoms with E-state index in [9.17, 15) is 18.0 Å². The van der Waals surface area contributed by atoms with Crippen LogP contribution in [0, 0.1) is 5.92 Å². The van der Waals surface area contributed by atoms with Crippen LogP contribution < -0.4 is 16.2 Å². The molecule has 0 radical (unpaired) electrons. The van der Waals surface area contributed by atoms with Crippen LogP contribution in [0.5, 0.6) is 0 Å². The number of aromatic nitrogens is 1. The zero-order chi connectivity index (χ0) is 23.0. The Balaban J connectivity index is 1.40. The average molecular weight is 471 g/mol. The number of nitrogens with one attached hydrogen (secondary N) is 2. The first-order valence-electron chi connectivity index (χ1n) is 11.8. The molecule has 1 saturated heterocycles. The van der Waals surface area contributed by atoms with Crippen molar-refractivity contribution in [3.05, 3.63) is 58.5 Å². The lowest BCUT2D eigenvalue weighted by atomic mass is 9.83. The second kappa shape index (κ2) is 8.95. The first-order valence-corrected chi connectivity index (χ1v) is 13.2. The van der Waals surface area contributed by atoms with Crippen molar-refractivity contribution in [2.45, 2.75) is 61.9 Å². The van der Waals surface area contributed by atoms with E-state index in [0.29, 0.717) is 18.8 Å². The number of carbonyl (C=O) groups is 1. The predicted molar refractivity (Wildman–Crippen MR) is 126 cm³/mol. The molecule has 2 bridgehead atoms. The summed E-state index contributed by atoms with van der Waals surface area (Å²) in [6.45, 7) is 1.13. The molecule has 1 aromatic carbocycles. The summed E-state index contributed by atoms with van der Waals surface area (Å²) in [5.41, 5.74) is 1.20. The molecule has 3 heterocycles. The molecule has 33 heavy (non-hydrogen) atoms. The van der Waals surface area contributed by atoms with E-state index in [0.717, 1.165) is 37.8 Å². The van der Waals surface area contributed by atoms with E-state index >= 15 is 0 Å². The van der Waals surface area contributed by atoms with Gasteiger partial charge in [-0.2, -0.15) is 4.31 Å². The molecule has 2 aliphatic heterocycles. The summed E-state index contributed by atoms with van der Waals surface area (Å²) in [6.07, 6.45) is 6.21. The number of carbonyl (C=O) groups excluding carboxylic acids is 1. The van der Waals surface area contributed by atoms with E-state index in [2.05, 4.69) is 10.6 Å². The molecule has 1 saturated carbocycles. The van der Waals surface area contributed by atoms with Gasteiger partial charge in [-0.15, -0.1) is 0 Å². The number of fused-ring (bicyclic) bond motifs is 4. The van der Waals surface area contributed by atoms with Crippen LogP contribution >= 0.6 is 0 Å². The normalized spacial score (nSPS) is 23.5. The van der Waals surface area contributed by atoms with Crippen molar-refractivity contribution >= 4 is 21.7 Å². The van der Waals surface area contributed by atoms with E-state index in [1.165, 1.54) is 16.8 Å². The Kier molecular flexibility index (Phi) is 6.01. The van der Waals surface area contributed by atoms with Crippen LogP contribution in [-0.2, 0) is 16.6 Å². The van der Waals surface area contributed by atoms with Gasteiger partial charge in [0.05, 0.1) is 10.6 Å². The number of hydrogen-bond acceptors (Lipinski definition) is 4. The van der Waals surface area contributed by atoms with Gasteiger partial charge in [0.1, 0.15) is 0 Å². The number of anilines is 1. The molecule has 0 unspecified atom stereocenters. The molecule has 2 amide bonds. The number of nitrogens with zero attached hydrogens (tertiary/aromatic N) is 2. The number of rotatable bonds is 4. The minimum Gasteiger partial charge on any atom is -0.335 e.